The maximum atomic E-state index is 12.0. The van der Waals surface area contributed by atoms with Crippen molar-refractivity contribution in [3.05, 3.63) is 0 Å². The number of nitrogens with zero attached hydrogens (tertiary/aromatic N) is 1. The van der Waals surface area contributed by atoms with Crippen molar-refractivity contribution in [3.63, 3.8) is 0 Å². The van der Waals surface area contributed by atoms with E-state index in [0.717, 1.165) is 39.4 Å². The summed E-state index contributed by atoms with van der Waals surface area (Å²) in [5.41, 5.74) is 0. The normalized spacial score (nSPS) is 20.0. The van der Waals surface area contributed by atoms with E-state index in [-0.39, 0.29) is 12.0 Å². The molecular weight excluding hydrogens is 204 g/mol. The number of morpholine rings is 1. The van der Waals surface area contributed by atoms with E-state index in [1.807, 2.05) is 20.8 Å². The number of likely N-dealkylation sites (N-methyl/N-ethyl adjacent to an activating group) is 1. The maximum Gasteiger partial charge on any atom is 0.153 e. The summed E-state index contributed by atoms with van der Waals surface area (Å²) in [4.78, 5) is 14.3. The first-order valence-electron chi connectivity index (χ1n) is 6.22. The third-order valence-corrected chi connectivity index (χ3v) is 2.91. The molecule has 1 atom stereocenters. The van der Waals surface area contributed by atoms with Crippen LogP contribution in [0.4, 0.5) is 0 Å². The monoisotopic (exact) mass is 228 g/mol. The first kappa shape index (κ1) is 13.6. The number of hydrogen-bond donors (Lipinski definition) is 1. The number of carbonyl (C=O) groups excluding carboxylic acids is 1. The summed E-state index contributed by atoms with van der Waals surface area (Å²) < 4.78 is 5.30. The molecule has 4 heteroatoms. The Morgan fingerprint density at radius 2 is 2.00 bits per heavy atom. The van der Waals surface area contributed by atoms with Crippen molar-refractivity contribution in [3.8, 4) is 0 Å². The number of hydrogen-bond acceptors (Lipinski definition) is 4. The molecule has 1 heterocycles. The summed E-state index contributed by atoms with van der Waals surface area (Å²) in [5, 5.41) is 3.28. The standard InChI is InChI=1S/C12H24N2O2/c1-4-13-11(12(15)10(2)3)9-14-5-7-16-8-6-14/h10-11,13H,4-9H2,1-3H3. The van der Waals surface area contributed by atoms with Crippen LogP contribution in [0.15, 0.2) is 0 Å². The van der Waals surface area contributed by atoms with Crippen LogP contribution in [0, 0.1) is 5.92 Å². The zero-order valence-electron chi connectivity index (χ0n) is 10.7. The van der Waals surface area contributed by atoms with E-state index < -0.39 is 0 Å². The van der Waals surface area contributed by atoms with Gasteiger partial charge >= 0.3 is 0 Å². The second-order valence-corrected chi connectivity index (χ2v) is 4.58. The Labute approximate surface area is 98.3 Å². The molecule has 0 amide bonds. The number of carbonyl (C=O) groups is 1. The summed E-state index contributed by atoms with van der Waals surface area (Å²) in [5.74, 6) is 0.415. The fraction of sp³-hybridized carbons (Fsp3) is 0.917. The first-order chi connectivity index (χ1) is 7.65. The highest BCUT2D eigenvalue weighted by Gasteiger charge is 2.23. The zero-order chi connectivity index (χ0) is 12.0. The number of ketones is 1. The molecule has 0 aromatic heterocycles. The molecule has 0 radical (unpaired) electrons. The summed E-state index contributed by atoms with van der Waals surface area (Å²) in [7, 11) is 0. The third-order valence-electron chi connectivity index (χ3n) is 2.91. The third kappa shape index (κ3) is 4.20. The Balaban J connectivity index is 2.45. The van der Waals surface area contributed by atoms with Gasteiger partial charge in [-0.2, -0.15) is 0 Å². The van der Waals surface area contributed by atoms with Gasteiger partial charge in [0.1, 0.15) is 0 Å². The minimum absolute atomic E-state index is 0.0249. The fourth-order valence-electron chi connectivity index (χ4n) is 1.95. The topological polar surface area (TPSA) is 41.6 Å². The molecule has 0 spiro atoms. The molecule has 1 unspecified atom stereocenters. The number of ether oxygens (including phenoxy) is 1. The molecule has 94 valence electrons. The number of Topliss-reactive ketones (excluding diaryl/α,β-unsaturated/α-hetero) is 1. The highest BCUT2D eigenvalue weighted by atomic mass is 16.5. The Hall–Kier alpha value is -0.450. The molecule has 16 heavy (non-hydrogen) atoms. The van der Waals surface area contributed by atoms with E-state index in [4.69, 9.17) is 4.74 Å². The lowest BCUT2D eigenvalue weighted by Gasteiger charge is -2.30. The Kier molecular flexibility index (Phi) is 5.95. The van der Waals surface area contributed by atoms with E-state index in [2.05, 4.69) is 10.2 Å². The molecule has 4 nitrogen and oxygen atoms in total. The molecule has 0 aliphatic carbocycles. The van der Waals surface area contributed by atoms with Crippen LogP contribution >= 0.6 is 0 Å². The molecule has 1 aliphatic rings. The number of nitrogens with one attached hydrogen (secondary N) is 1. The molecule has 0 aromatic rings. The summed E-state index contributed by atoms with van der Waals surface area (Å²) >= 11 is 0. The Bertz CT molecular complexity index is 213. The summed E-state index contributed by atoms with van der Waals surface area (Å²) in [6.07, 6.45) is 0. The molecular formula is C12H24N2O2. The maximum absolute atomic E-state index is 12.0. The van der Waals surface area contributed by atoms with Crippen molar-refractivity contribution in [1.82, 2.24) is 10.2 Å². The molecule has 1 fully saturated rings. The molecule has 1 saturated heterocycles. The highest BCUT2D eigenvalue weighted by molar-refractivity contribution is 5.85. The lowest BCUT2D eigenvalue weighted by Crippen LogP contribution is -2.50. The zero-order valence-corrected chi connectivity index (χ0v) is 10.7. The van der Waals surface area contributed by atoms with Crippen molar-refractivity contribution in [2.75, 3.05) is 39.4 Å². The first-order valence-corrected chi connectivity index (χ1v) is 6.22. The van der Waals surface area contributed by atoms with Gasteiger partial charge < -0.3 is 10.1 Å². The highest BCUT2D eigenvalue weighted by Crippen LogP contribution is 2.04. The fourth-order valence-corrected chi connectivity index (χ4v) is 1.95. The van der Waals surface area contributed by atoms with E-state index in [0.29, 0.717) is 5.78 Å². The van der Waals surface area contributed by atoms with E-state index in [1.165, 1.54) is 0 Å². The van der Waals surface area contributed by atoms with Crippen molar-refractivity contribution < 1.29 is 9.53 Å². The largest absolute Gasteiger partial charge is 0.379 e. The van der Waals surface area contributed by atoms with Gasteiger partial charge in [-0.15, -0.1) is 0 Å². The van der Waals surface area contributed by atoms with Gasteiger partial charge in [0, 0.05) is 25.6 Å². The SMILES string of the molecule is CCNC(CN1CCOCC1)C(=O)C(C)C. The minimum atomic E-state index is -0.0249. The van der Waals surface area contributed by atoms with E-state index in [1.54, 1.807) is 0 Å². The lowest BCUT2D eigenvalue weighted by molar-refractivity contribution is -0.124. The molecule has 0 bridgehead atoms. The van der Waals surface area contributed by atoms with Crippen LogP contribution < -0.4 is 5.32 Å². The summed E-state index contributed by atoms with van der Waals surface area (Å²) in [6.45, 7) is 11.1. The van der Waals surface area contributed by atoms with Crippen molar-refractivity contribution in [2.45, 2.75) is 26.8 Å². The van der Waals surface area contributed by atoms with Crippen LogP contribution in [0.3, 0.4) is 0 Å². The quantitative estimate of drug-likeness (QED) is 0.720. The second kappa shape index (κ2) is 6.99. The van der Waals surface area contributed by atoms with Crippen LogP contribution in [-0.4, -0.2) is 56.1 Å². The molecule has 1 aliphatic heterocycles. The van der Waals surface area contributed by atoms with Gasteiger partial charge in [0.2, 0.25) is 0 Å². The van der Waals surface area contributed by atoms with Crippen molar-refractivity contribution in [1.29, 1.82) is 0 Å². The van der Waals surface area contributed by atoms with Crippen LogP contribution in [0.25, 0.3) is 0 Å². The van der Waals surface area contributed by atoms with Gasteiger partial charge in [-0.05, 0) is 6.54 Å². The minimum Gasteiger partial charge on any atom is -0.379 e. The average molecular weight is 228 g/mol. The predicted molar refractivity (Wildman–Crippen MR) is 64.6 cm³/mol. The van der Waals surface area contributed by atoms with Crippen LogP contribution in [0.5, 0.6) is 0 Å². The van der Waals surface area contributed by atoms with Crippen LogP contribution in [-0.2, 0) is 9.53 Å². The Morgan fingerprint density at radius 3 is 2.50 bits per heavy atom. The van der Waals surface area contributed by atoms with Gasteiger partial charge in [0.05, 0.1) is 19.3 Å². The van der Waals surface area contributed by atoms with Crippen molar-refractivity contribution >= 4 is 5.78 Å². The van der Waals surface area contributed by atoms with Gasteiger partial charge in [-0.1, -0.05) is 20.8 Å². The van der Waals surface area contributed by atoms with Gasteiger partial charge in [-0.3, -0.25) is 9.69 Å². The van der Waals surface area contributed by atoms with E-state index >= 15 is 0 Å². The van der Waals surface area contributed by atoms with Crippen LogP contribution in [0.1, 0.15) is 20.8 Å². The van der Waals surface area contributed by atoms with E-state index in [9.17, 15) is 4.79 Å². The average Bonchev–Trinajstić information content (AvgIpc) is 2.29. The van der Waals surface area contributed by atoms with Crippen LogP contribution in [0.2, 0.25) is 0 Å². The molecule has 0 aromatic carbocycles. The predicted octanol–water partition coefficient (Wildman–Crippen LogP) is 0.522. The number of rotatable bonds is 6. The summed E-state index contributed by atoms with van der Waals surface area (Å²) in [6, 6.07) is -0.0249. The molecule has 0 saturated carbocycles. The molecule has 1 rings (SSSR count). The lowest BCUT2D eigenvalue weighted by atomic mass is 10.0. The second-order valence-electron chi connectivity index (χ2n) is 4.58. The smallest absolute Gasteiger partial charge is 0.153 e. The van der Waals surface area contributed by atoms with Gasteiger partial charge in [-0.25, -0.2) is 0 Å². The van der Waals surface area contributed by atoms with Gasteiger partial charge in [0.25, 0.3) is 0 Å². The molecule has 1 N–H and O–H groups in total. The van der Waals surface area contributed by atoms with Gasteiger partial charge in [0.15, 0.2) is 5.78 Å². The van der Waals surface area contributed by atoms with Crippen molar-refractivity contribution in [2.24, 2.45) is 5.92 Å². The Morgan fingerprint density at radius 1 is 1.38 bits per heavy atom.